The third kappa shape index (κ3) is 18.2. The van der Waals surface area contributed by atoms with Gasteiger partial charge in [-0.15, -0.1) is 0 Å². The number of rotatable bonds is 5. The van der Waals surface area contributed by atoms with Gasteiger partial charge in [0, 0.05) is 60.5 Å². The van der Waals surface area contributed by atoms with Crippen LogP contribution in [-0.4, -0.2) is 131 Å². The summed E-state index contributed by atoms with van der Waals surface area (Å²) >= 11 is 19.7. The predicted octanol–water partition coefficient (Wildman–Crippen LogP) is 4.76. The van der Waals surface area contributed by atoms with Crippen LogP contribution in [0.4, 0.5) is 0 Å². The Morgan fingerprint density at radius 1 is 0.500 bits per heavy atom. The Balaban J connectivity index is 0.000000704. The summed E-state index contributed by atoms with van der Waals surface area (Å²) in [5.41, 5.74) is 0.517. The van der Waals surface area contributed by atoms with Crippen molar-refractivity contribution in [3.63, 3.8) is 0 Å². The third-order valence-corrected chi connectivity index (χ3v) is 7.04. The standard InChI is InChI=1S/2C11H13NO4S.C8H8O4.C3H6ClNS/c2*1-12(2)11(17)16-9-5-7(10(14)15-3)4-8(13)6-9;1-12-8(11)5-2-6(9)4-7(10)3-5;1-5(2)3(4)6/h2*4-6,13H,1-3H3;2-4,9-10H,1H3;1-2H3. The van der Waals surface area contributed by atoms with Gasteiger partial charge >= 0.3 is 17.9 Å². The summed E-state index contributed by atoms with van der Waals surface area (Å²) in [5.74, 6) is -1.67. The van der Waals surface area contributed by atoms with Crippen LogP contribution in [0.5, 0.6) is 34.5 Å². The van der Waals surface area contributed by atoms with Crippen LogP contribution in [0, 0.1) is 0 Å². The Labute approximate surface area is 322 Å². The van der Waals surface area contributed by atoms with Crippen LogP contribution in [-0.2, 0) is 14.2 Å². The average Bonchev–Trinajstić information content (AvgIpc) is 3.06. The van der Waals surface area contributed by atoms with E-state index in [9.17, 15) is 24.6 Å². The van der Waals surface area contributed by atoms with Crippen molar-refractivity contribution in [2.24, 2.45) is 0 Å². The Morgan fingerprint density at radius 2 is 0.750 bits per heavy atom. The number of halogens is 1. The van der Waals surface area contributed by atoms with Crippen molar-refractivity contribution < 1.29 is 58.5 Å². The lowest BCUT2D eigenvalue weighted by Gasteiger charge is -2.14. The van der Waals surface area contributed by atoms with Crippen LogP contribution in [0.25, 0.3) is 0 Å². The molecular formula is C33H40ClN3O12S3. The van der Waals surface area contributed by atoms with Gasteiger partial charge < -0.3 is 58.8 Å². The molecule has 0 aromatic heterocycles. The van der Waals surface area contributed by atoms with E-state index in [2.05, 4.69) is 26.4 Å². The maximum absolute atomic E-state index is 11.3. The van der Waals surface area contributed by atoms with E-state index in [0.717, 1.165) is 6.07 Å². The lowest BCUT2D eigenvalue weighted by atomic mass is 10.2. The molecule has 0 radical (unpaired) electrons. The highest BCUT2D eigenvalue weighted by Crippen LogP contribution is 2.24. The molecule has 0 unspecified atom stereocenters. The Hall–Kier alpha value is -5.17. The van der Waals surface area contributed by atoms with Gasteiger partial charge in [-0.1, -0.05) is 11.6 Å². The second kappa shape index (κ2) is 23.3. The Morgan fingerprint density at radius 3 is 0.981 bits per heavy atom. The van der Waals surface area contributed by atoms with E-state index < -0.39 is 17.9 Å². The van der Waals surface area contributed by atoms with Gasteiger partial charge in [-0.2, -0.15) is 0 Å². The zero-order valence-corrected chi connectivity index (χ0v) is 32.9. The number of phenols is 4. The predicted molar refractivity (Wildman–Crippen MR) is 206 cm³/mol. The number of thiocarbonyl (C=S) groups is 3. The molecule has 0 aliphatic carbocycles. The molecule has 0 atom stereocenters. The van der Waals surface area contributed by atoms with Crippen LogP contribution in [0.3, 0.4) is 0 Å². The van der Waals surface area contributed by atoms with Crippen LogP contribution >= 0.6 is 48.3 Å². The van der Waals surface area contributed by atoms with E-state index in [0.29, 0.717) is 4.45 Å². The van der Waals surface area contributed by atoms with E-state index in [1.54, 1.807) is 57.0 Å². The molecule has 0 saturated heterocycles. The number of nitrogens with zero attached hydrogens (tertiary/aromatic N) is 3. The van der Waals surface area contributed by atoms with E-state index in [4.69, 9.17) is 55.7 Å². The van der Waals surface area contributed by atoms with Gasteiger partial charge in [-0.25, -0.2) is 14.4 Å². The fraction of sp³-hybridized carbons (Fsp3) is 0.273. The highest BCUT2D eigenvalue weighted by molar-refractivity contribution is 7.83. The second-order valence-electron chi connectivity index (χ2n) is 10.3. The summed E-state index contributed by atoms with van der Waals surface area (Å²) in [6, 6.07) is 11.8. The minimum absolute atomic E-state index is 0.0931. The van der Waals surface area contributed by atoms with E-state index >= 15 is 0 Å². The molecule has 3 rings (SSSR count). The van der Waals surface area contributed by atoms with Gasteiger partial charge in [0.25, 0.3) is 10.3 Å². The van der Waals surface area contributed by atoms with Gasteiger partial charge in [0.1, 0.15) is 34.5 Å². The lowest BCUT2D eigenvalue weighted by Crippen LogP contribution is -2.25. The normalized spacial score (nSPS) is 9.35. The first kappa shape index (κ1) is 46.8. The van der Waals surface area contributed by atoms with Crippen LogP contribution < -0.4 is 9.47 Å². The SMILES string of the molecule is CN(C)C(=S)Cl.COC(=O)c1cc(O)cc(O)c1.COC(=O)c1cc(O)cc(OC(=S)N(C)C)c1.COC(=O)c1cc(O)cc(OC(=S)N(C)C)c1. The first-order valence-electron chi connectivity index (χ1n) is 14.3. The van der Waals surface area contributed by atoms with Crippen molar-refractivity contribution in [2.45, 2.75) is 0 Å². The molecule has 3 aromatic carbocycles. The first-order chi connectivity index (χ1) is 24.1. The zero-order valence-electron chi connectivity index (χ0n) is 29.7. The molecule has 0 spiro atoms. The molecule has 0 amide bonds. The number of esters is 3. The molecule has 4 N–H and O–H groups in total. The number of methoxy groups -OCH3 is 3. The maximum Gasteiger partial charge on any atom is 0.338 e. The van der Waals surface area contributed by atoms with Gasteiger partial charge in [-0.3, -0.25) is 0 Å². The van der Waals surface area contributed by atoms with Crippen LogP contribution in [0.2, 0.25) is 0 Å². The van der Waals surface area contributed by atoms with Crippen LogP contribution in [0.15, 0.2) is 54.6 Å². The van der Waals surface area contributed by atoms with Gasteiger partial charge in [-0.05, 0) is 73.1 Å². The molecule has 0 aliphatic heterocycles. The fourth-order valence-electron chi connectivity index (χ4n) is 2.97. The van der Waals surface area contributed by atoms with Crippen molar-refractivity contribution in [3.05, 3.63) is 71.3 Å². The van der Waals surface area contributed by atoms with Gasteiger partial charge in [0.2, 0.25) is 0 Å². The average molecular weight is 802 g/mol. The minimum Gasteiger partial charge on any atom is -0.508 e. The number of benzene rings is 3. The highest BCUT2D eigenvalue weighted by Gasteiger charge is 2.13. The zero-order chi connectivity index (χ0) is 40.3. The highest BCUT2D eigenvalue weighted by atomic mass is 35.5. The largest absolute Gasteiger partial charge is 0.508 e. The summed E-state index contributed by atoms with van der Waals surface area (Å²) in [6.45, 7) is 0. The molecule has 0 aliphatic rings. The molecule has 19 heteroatoms. The van der Waals surface area contributed by atoms with Crippen molar-refractivity contribution in [1.82, 2.24) is 14.7 Å². The molecular weight excluding hydrogens is 762 g/mol. The number of hydrogen-bond acceptors (Lipinski definition) is 15. The molecule has 0 fully saturated rings. The Bertz CT molecular complexity index is 1620. The number of carbonyl (C=O) groups is 3. The van der Waals surface area contributed by atoms with E-state index in [1.165, 1.54) is 69.9 Å². The maximum atomic E-state index is 11.3. The van der Waals surface area contributed by atoms with Gasteiger partial charge in [0.15, 0.2) is 4.45 Å². The molecule has 52 heavy (non-hydrogen) atoms. The van der Waals surface area contributed by atoms with E-state index in [-0.39, 0.29) is 61.5 Å². The number of hydrogen-bond donors (Lipinski definition) is 4. The van der Waals surface area contributed by atoms with E-state index in [1.807, 2.05) is 0 Å². The third-order valence-electron chi connectivity index (χ3n) is 5.44. The van der Waals surface area contributed by atoms with Gasteiger partial charge in [0.05, 0.1) is 38.0 Å². The topological polar surface area (TPSA) is 188 Å². The Kier molecular flexibility index (Phi) is 21.0. The van der Waals surface area contributed by atoms with Crippen molar-refractivity contribution >= 4 is 81.0 Å². The van der Waals surface area contributed by atoms with Crippen LogP contribution in [0.1, 0.15) is 31.1 Å². The number of carbonyl (C=O) groups excluding carboxylic acids is 3. The summed E-state index contributed by atoms with van der Waals surface area (Å²) in [4.78, 5) is 38.3. The second-order valence-corrected chi connectivity index (χ2v) is 12.0. The molecule has 0 bridgehead atoms. The monoisotopic (exact) mass is 801 g/mol. The summed E-state index contributed by atoms with van der Waals surface area (Å²) in [5, 5.41) is 37.3. The number of aromatic hydroxyl groups is 4. The minimum atomic E-state index is -0.596. The smallest absolute Gasteiger partial charge is 0.338 e. The van der Waals surface area contributed by atoms with Crippen molar-refractivity contribution in [1.29, 1.82) is 0 Å². The molecule has 0 heterocycles. The summed E-state index contributed by atoms with van der Waals surface area (Å²) < 4.78 is 24.4. The number of phenolic OH excluding ortho intramolecular Hbond substituents is 4. The molecule has 15 nitrogen and oxygen atoms in total. The molecule has 3 aromatic rings. The van der Waals surface area contributed by atoms with Crippen molar-refractivity contribution in [2.75, 3.05) is 63.6 Å². The molecule has 284 valence electrons. The fourth-order valence-corrected chi connectivity index (χ4v) is 3.16. The lowest BCUT2D eigenvalue weighted by molar-refractivity contribution is 0.0591. The quantitative estimate of drug-likeness (QED) is 0.0908. The first-order valence-corrected chi connectivity index (χ1v) is 15.9. The summed E-state index contributed by atoms with van der Waals surface area (Å²) in [7, 11) is 14.3. The van der Waals surface area contributed by atoms with Crippen molar-refractivity contribution in [3.8, 4) is 34.5 Å². The number of ether oxygens (including phenoxy) is 5. The molecule has 0 saturated carbocycles. The summed E-state index contributed by atoms with van der Waals surface area (Å²) in [6.07, 6.45) is 0.